The lowest BCUT2D eigenvalue weighted by atomic mass is 9.86. The van der Waals surface area contributed by atoms with Gasteiger partial charge in [0, 0.05) is 24.7 Å². The molecule has 1 aromatic heterocycles. The highest BCUT2D eigenvalue weighted by Gasteiger charge is 2.32. The van der Waals surface area contributed by atoms with Crippen molar-refractivity contribution in [2.45, 2.75) is 19.3 Å². The maximum atomic E-state index is 12.6. The van der Waals surface area contributed by atoms with Crippen molar-refractivity contribution in [3.8, 4) is 17.2 Å². The Morgan fingerprint density at radius 1 is 1.30 bits per heavy atom. The molecule has 2 aromatic rings. The van der Waals surface area contributed by atoms with Crippen LogP contribution in [0, 0.1) is 6.92 Å². The summed E-state index contributed by atoms with van der Waals surface area (Å²) >= 11 is 0. The molecule has 23 heavy (non-hydrogen) atoms. The fourth-order valence-electron chi connectivity index (χ4n) is 2.86. The number of carbonyl (C=O) groups is 1. The molecule has 0 unspecified atom stereocenters. The second kappa shape index (κ2) is 5.46. The Kier molecular flexibility index (Phi) is 3.60. The molecule has 0 spiro atoms. The molecule has 0 saturated heterocycles. The monoisotopic (exact) mass is 315 g/mol. The van der Waals surface area contributed by atoms with Gasteiger partial charge in [0.15, 0.2) is 11.5 Å². The van der Waals surface area contributed by atoms with Gasteiger partial charge in [0.05, 0.1) is 19.1 Å². The number of fused-ring (bicyclic) bond motifs is 1. The summed E-state index contributed by atoms with van der Waals surface area (Å²) in [6.07, 6.45) is 0.0526. The first-order valence-corrected chi connectivity index (χ1v) is 7.20. The molecule has 0 saturated carbocycles. The van der Waals surface area contributed by atoms with Crippen LogP contribution >= 0.6 is 0 Å². The summed E-state index contributed by atoms with van der Waals surface area (Å²) in [5, 5.41) is 9.98. The Labute approximate surface area is 132 Å². The lowest BCUT2D eigenvalue weighted by Gasteiger charge is -2.25. The summed E-state index contributed by atoms with van der Waals surface area (Å²) in [5.74, 6) is -0.256. The van der Waals surface area contributed by atoms with E-state index >= 15 is 0 Å². The Bertz CT molecular complexity index is 853. The van der Waals surface area contributed by atoms with E-state index in [4.69, 9.17) is 9.47 Å². The fourth-order valence-corrected chi connectivity index (χ4v) is 2.86. The Morgan fingerprint density at radius 2 is 2.04 bits per heavy atom. The molecule has 6 nitrogen and oxygen atoms in total. The predicted octanol–water partition coefficient (Wildman–Crippen LogP) is 1.85. The summed E-state index contributed by atoms with van der Waals surface area (Å²) in [6.45, 7) is 1.78. The average molecular weight is 315 g/mol. The SMILES string of the molecule is COc1ccc([C@@H]2CC(=O)Oc3cc(C)n(C)c(=O)c32)cc1O. The number of aromatic nitrogens is 1. The molecule has 1 atom stereocenters. The van der Waals surface area contributed by atoms with Crippen LogP contribution in [-0.2, 0) is 11.8 Å². The lowest BCUT2D eigenvalue weighted by Crippen LogP contribution is -2.31. The zero-order valence-electron chi connectivity index (χ0n) is 13.1. The Hall–Kier alpha value is -2.76. The molecule has 1 aromatic carbocycles. The van der Waals surface area contributed by atoms with E-state index in [1.54, 1.807) is 32.2 Å². The number of benzene rings is 1. The number of rotatable bonds is 2. The minimum Gasteiger partial charge on any atom is -0.504 e. The first-order valence-electron chi connectivity index (χ1n) is 7.20. The summed E-state index contributed by atoms with van der Waals surface area (Å²) in [7, 11) is 3.14. The molecule has 1 aliphatic heterocycles. The van der Waals surface area contributed by atoms with Crippen molar-refractivity contribution in [3.63, 3.8) is 0 Å². The number of ether oxygens (including phenoxy) is 2. The second-order valence-electron chi connectivity index (χ2n) is 5.59. The van der Waals surface area contributed by atoms with Crippen molar-refractivity contribution in [3.05, 3.63) is 51.4 Å². The average Bonchev–Trinajstić information content (AvgIpc) is 2.51. The molecular weight excluding hydrogens is 298 g/mol. The number of phenolic OH excluding ortho intramolecular Hbond substituents is 1. The first-order chi connectivity index (χ1) is 10.9. The number of hydrogen-bond donors (Lipinski definition) is 1. The number of hydrogen-bond acceptors (Lipinski definition) is 5. The van der Waals surface area contributed by atoms with Crippen LogP contribution in [0.5, 0.6) is 17.2 Å². The minimum atomic E-state index is -0.456. The van der Waals surface area contributed by atoms with E-state index in [1.807, 2.05) is 0 Å². The third kappa shape index (κ3) is 2.46. The standard InChI is InChI=1S/C17H17NO5/c1-9-6-14-16(17(21)18(9)2)11(8-15(20)23-14)10-4-5-13(22-3)12(19)7-10/h4-7,11,19H,8H2,1-3H3/t11-/m0/s1. The van der Waals surface area contributed by atoms with Gasteiger partial charge in [0.1, 0.15) is 5.75 Å². The minimum absolute atomic E-state index is 0.0329. The summed E-state index contributed by atoms with van der Waals surface area (Å²) in [5.41, 5.74) is 1.61. The number of nitrogens with zero attached hydrogens (tertiary/aromatic N) is 1. The smallest absolute Gasteiger partial charge is 0.312 e. The Balaban J connectivity index is 2.19. The molecule has 6 heteroatoms. The van der Waals surface area contributed by atoms with E-state index in [2.05, 4.69) is 0 Å². The van der Waals surface area contributed by atoms with Gasteiger partial charge in [0.25, 0.3) is 5.56 Å². The number of aromatic hydroxyl groups is 1. The molecule has 1 aliphatic rings. The van der Waals surface area contributed by atoms with Gasteiger partial charge in [-0.15, -0.1) is 0 Å². The number of phenols is 1. The molecule has 0 amide bonds. The summed E-state index contributed by atoms with van der Waals surface area (Å²) in [6, 6.07) is 6.56. The van der Waals surface area contributed by atoms with Crippen molar-refractivity contribution in [2.24, 2.45) is 7.05 Å². The van der Waals surface area contributed by atoms with Crippen LogP contribution in [0.3, 0.4) is 0 Å². The van der Waals surface area contributed by atoms with Crippen LogP contribution in [0.15, 0.2) is 29.1 Å². The third-order valence-corrected chi connectivity index (χ3v) is 4.22. The zero-order chi connectivity index (χ0) is 16.7. The molecule has 0 bridgehead atoms. The van der Waals surface area contributed by atoms with Crippen LogP contribution in [-0.4, -0.2) is 22.8 Å². The van der Waals surface area contributed by atoms with Crippen molar-refractivity contribution >= 4 is 5.97 Å². The highest BCUT2D eigenvalue weighted by atomic mass is 16.5. The number of esters is 1. The molecule has 0 fully saturated rings. The molecule has 2 heterocycles. The molecule has 0 aliphatic carbocycles. The van der Waals surface area contributed by atoms with E-state index < -0.39 is 11.9 Å². The van der Waals surface area contributed by atoms with Crippen LogP contribution in [0.2, 0.25) is 0 Å². The van der Waals surface area contributed by atoms with Gasteiger partial charge in [-0.25, -0.2) is 0 Å². The van der Waals surface area contributed by atoms with Gasteiger partial charge < -0.3 is 19.1 Å². The van der Waals surface area contributed by atoms with E-state index in [9.17, 15) is 14.7 Å². The summed E-state index contributed by atoms with van der Waals surface area (Å²) in [4.78, 5) is 24.5. The third-order valence-electron chi connectivity index (χ3n) is 4.22. The van der Waals surface area contributed by atoms with Gasteiger partial charge >= 0.3 is 5.97 Å². The van der Waals surface area contributed by atoms with Gasteiger partial charge in [-0.3, -0.25) is 9.59 Å². The zero-order valence-corrected chi connectivity index (χ0v) is 13.1. The lowest BCUT2D eigenvalue weighted by molar-refractivity contribution is -0.135. The van der Waals surface area contributed by atoms with Crippen molar-refractivity contribution < 1.29 is 19.4 Å². The highest BCUT2D eigenvalue weighted by molar-refractivity contribution is 5.77. The quantitative estimate of drug-likeness (QED) is 0.856. The van der Waals surface area contributed by atoms with Gasteiger partial charge in [-0.1, -0.05) is 6.07 Å². The van der Waals surface area contributed by atoms with Crippen molar-refractivity contribution in [1.82, 2.24) is 4.57 Å². The summed E-state index contributed by atoms with van der Waals surface area (Å²) < 4.78 is 11.8. The predicted molar refractivity (Wildman–Crippen MR) is 83.2 cm³/mol. The van der Waals surface area contributed by atoms with Crippen LogP contribution in [0.1, 0.15) is 29.2 Å². The maximum absolute atomic E-state index is 12.6. The molecule has 120 valence electrons. The molecule has 3 rings (SSSR count). The van der Waals surface area contributed by atoms with E-state index in [-0.39, 0.29) is 17.7 Å². The normalized spacial score (nSPS) is 16.7. The van der Waals surface area contributed by atoms with Gasteiger partial charge in [-0.2, -0.15) is 0 Å². The van der Waals surface area contributed by atoms with Crippen LogP contribution in [0.4, 0.5) is 0 Å². The van der Waals surface area contributed by atoms with E-state index in [0.717, 1.165) is 0 Å². The van der Waals surface area contributed by atoms with Crippen molar-refractivity contribution in [1.29, 1.82) is 0 Å². The van der Waals surface area contributed by atoms with Crippen LogP contribution < -0.4 is 15.0 Å². The topological polar surface area (TPSA) is 77.8 Å². The molecular formula is C17H17NO5. The Morgan fingerprint density at radius 3 is 2.70 bits per heavy atom. The van der Waals surface area contributed by atoms with Crippen LogP contribution in [0.25, 0.3) is 0 Å². The first kappa shape index (κ1) is 15.1. The van der Waals surface area contributed by atoms with Gasteiger partial charge in [0.2, 0.25) is 0 Å². The molecule has 0 radical (unpaired) electrons. The molecule has 1 N–H and O–H groups in total. The van der Waals surface area contributed by atoms with Gasteiger partial charge in [-0.05, 0) is 24.6 Å². The highest BCUT2D eigenvalue weighted by Crippen LogP contribution is 2.39. The number of carbonyl (C=O) groups excluding carboxylic acids is 1. The second-order valence-corrected chi connectivity index (χ2v) is 5.59. The largest absolute Gasteiger partial charge is 0.504 e. The van der Waals surface area contributed by atoms with E-state index in [0.29, 0.717) is 28.3 Å². The van der Waals surface area contributed by atoms with Crippen molar-refractivity contribution in [2.75, 3.05) is 7.11 Å². The maximum Gasteiger partial charge on any atom is 0.312 e. The number of aryl methyl sites for hydroxylation is 1. The number of methoxy groups -OCH3 is 1. The number of pyridine rings is 1. The fraction of sp³-hybridized carbons (Fsp3) is 0.294. The van der Waals surface area contributed by atoms with E-state index in [1.165, 1.54) is 17.7 Å².